The maximum absolute atomic E-state index is 11.4. The van der Waals surface area contributed by atoms with Crippen LogP contribution in [0.4, 0.5) is 5.69 Å². The van der Waals surface area contributed by atoms with Gasteiger partial charge in [-0.2, -0.15) is 0 Å². The van der Waals surface area contributed by atoms with E-state index >= 15 is 0 Å². The second-order valence-electron chi connectivity index (χ2n) is 3.41. The lowest BCUT2D eigenvalue weighted by Gasteiger charge is -2.13. The van der Waals surface area contributed by atoms with Gasteiger partial charge in [-0.05, 0) is 12.1 Å². The summed E-state index contributed by atoms with van der Waals surface area (Å²) in [6, 6.07) is 6.98. The van der Waals surface area contributed by atoms with Crippen LogP contribution in [0.5, 0.6) is 0 Å². The van der Waals surface area contributed by atoms with Crippen molar-refractivity contribution in [1.82, 2.24) is 0 Å². The Labute approximate surface area is 94.8 Å². The van der Waals surface area contributed by atoms with E-state index in [2.05, 4.69) is 10.1 Å². The first kappa shape index (κ1) is 12.5. The SMILES string of the molecule is COC(=O)c1ccccc1NCC(N)CN. The number of para-hydroxylation sites is 1. The van der Waals surface area contributed by atoms with Gasteiger partial charge in [0.1, 0.15) is 0 Å². The highest BCUT2D eigenvalue weighted by Gasteiger charge is 2.10. The zero-order valence-corrected chi connectivity index (χ0v) is 9.27. The standard InChI is InChI=1S/C11H17N3O2/c1-16-11(15)9-4-2-3-5-10(9)14-7-8(13)6-12/h2-5,8,14H,6-7,12-13H2,1H3. The van der Waals surface area contributed by atoms with Gasteiger partial charge in [0.05, 0.1) is 12.7 Å². The summed E-state index contributed by atoms with van der Waals surface area (Å²) in [6.07, 6.45) is 0. The molecule has 1 unspecified atom stereocenters. The molecule has 1 aromatic rings. The maximum Gasteiger partial charge on any atom is 0.339 e. The normalized spacial score (nSPS) is 11.9. The first-order chi connectivity index (χ1) is 7.69. The molecule has 1 atom stereocenters. The van der Waals surface area contributed by atoms with Crippen LogP contribution in [0.3, 0.4) is 0 Å². The van der Waals surface area contributed by atoms with E-state index in [1.54, 1.807) is 18.2 Å². The lowest BCUT2D eigenvalue weighted by molar-refractivity contribution is 0.0602. The minimum Gasteiger partial charge on any atom is -0.465 e. The number of benzene rings is 1. The fourth-order valence-electron chi connectivity index (χ4n) is 1.25. The number of methoxy groups -OCH3 is 1. The summed E-state index contributed by atoms with van der Waals surface area (Å²) in [5.41, 5.74) is 12.3. The molecule has 0 aromatic heterocycles. The summed E-state index contributed by atoms with van der Waals surface area (Å²) < 4.78 is 4.68. The smallest absolute Gasteiger partial charge is 0.339 e. The lowest BCUT2D eigenvalue weighted by atomic mass is 10.1. The second-order valence-corrected chi connectivity index (χ2v) is 3.41. The van der Waals surface area contributed by atoms with Crippen LogP contribution < -0.4 is 16.8 Å². The molecule has 0 aliphatic rings. The van der Waals surface area contributed by atoms with Crippen LogP contribution in [0, 0.1) is 0 Å². The van der Waals surface area contributed by atoms with Gasteiger partial charge >= 0.3 is 5.97 Å². The predicted octanol–water partition coefficient (Wildman–Crippen LogP) is 0.171. The van der Waals surface area contributed by atoms with E-state index in [1.807, 2.05) is 6.07 Å². The monoisotopic (exact) mass is 223 g/mol. The van der Waals surface area contributed by atoms with Crippen molar-refractivity contribution in [3.8, 4) is 0 Å². The average molecular weight is 223 g/mol. The molecule has 0 saturated carbocycles. The highest BCUT2D eigenvalue weighted by atomic mass is 16.5. The van der Waals surface area contributed by atoms with Crippen molar-refractivity contribution in [2.45, 2.75) is 6.04 Å². The quantitative estimate of drug-likeness (QED) is 0.619. The number of esters is 1. The van der Waals surface area contributed by atoms with Crippen LogP contribution in [0.1, 0.15) is 10.4 Å². The molecule has 0 aliphatic carbocycles. The molecule has 16 heavy (non-hydrogen) atoms. The van der Waals surface area contributed by atoms with Crippen LogP contribution in [0.15, 0.2) is 24.3 Å². The van der Waals surface area contributed by atoms with Crippen LogP contribution in [0.2, 0.25) is 0 Å². The van der Waals surface area contributed by atoms with Gasteiger partial charge in [0, 0.05) is 24.8 Å². The van der Waals surface area contributed by atoms with E-state index in [-0.39, 0.29) is 12.0 Å². The Bertz CT molecular complexity index is 355. The van der Waals surface area contributed by atoms with Gasteiger partial charge < -0.3 is 21.5 Å². The molecular weight excluding hydrogens is 206 g/mol. The fourth-order valence-corrected chi connectivity index (χ4v) is 1.25. The minimum atomic E-state index is -0.371. The third-order valence-corrected chi connectivity index (χ3v) is 2.19. The molecule has 5 nitrogen and oxygen atoms in total. The first-order valence-electron chi connectivity index (χ1n) is 5.06. The average Bonchev–Trinajstić information content (AvgIpc) is 2.35. The molecule has 0 bridgehead atoms. The number of nitrogens with two attached hydrogens (primary N) is 2. The Kier molecular flexibility index (Phi) is 4.75. The Hall–Kier alpha value is -1.59. The summed E-state index contributed by atoms with van der Waals surface area (Å²) in [4.78, 5) is 11.4. The van der Waals surface area contributed by atoms with E-state index in [1.165, 1.54) is 7.11 Å². The molecule has 0 heterocycles. The molecule has 0 fully saturated rings. The molecule has 5 N–H and O–H groups in total. The van der Waals surface area contributed by atoms with Gasteiger partial charge in [-0.25, -0.2) is 4.79 Å². The van der Waals surface area contributed by atoms with Crippen LogP contribution in [-0.2, 0) is 4.74 Å². The van der Waals surface area contributed by atoms with Crippen molar-refractivity contribution in [3.63, 3.8) is 0 Å². The van der Waals surface area contributed by atoms with Gasteiger partial charge in [-0.1, -0.05) is 12.1 Å². The number of rotatable bonds is 5. The van der Waals surface area contributed by atoms with Gasteiger partial charge in [-0.15, -0.1) is 0 Å². The molecule has 0 spiro atoms. The molecule has 0 amide bonds. The Balaban J connectivity index is 2.75. The second kappa shape index (κ2) is 6.09. The maximum atomic E-state index is 11.4. The first-order valence-corrected chi connectivity index (χ1v) is 5.06. The molecule has 1 aromatic carbocycles. The zero-order valence-electron chi connectivity index (χ0n) is 9.27. The number of hydrogen-bond donors (Lipinski definition) is 3. The third-order valence-electron chi connectivity index (χ3n) is 2.19. The summed E-state index contributed by atoms with van der Waals surface area (Å²) in [6.45, 7) is 0.915. The molecule has 0 aliphatic heterocycles. The Morgan fingerprint density at radius 3 is 2.81 bits per heavy atom. The van der Waals surface area contributed by atoms with Gasteiger partial charge in [0.15, 0.2) is 0 Å². The third kappa shape index (κ3) is 3.22. The van der Waals surface area contributed by atoms with Crippen molar-refractivity contribution in [2.75, 3.05) is 25.5 Å². The van der Waals surface area contributed by atoms with Crippen LogP contribution in [0.25, 0.3) is 0 Å². The molecule has 88 valence electrons. The van der Waals surface area contributed by atoms with E-state index in [4.69, 9.17) is 11.5 Å². The van der Waals surface area contributed by atoms with E-state index < -0.39 is 0 Å². The van der Waals surface area contributed by atoms with Gasteiger partial charge in [-0.3, -0.25) is 0 Å². The summed E-state index contributed by atoms with van der Waals surface area (Å²) in [5.74, 6) is -0.371. The van der Waals surface area contributed by atoms with Crippen molar-refractivity contribution in [2.24, 2.45) is 11.5 Å². The number of nitrogens with one attached hydrogen (secondary N) is 1. The minimum absolute atomic E-state index is 0.134. The predicted molar refractivity (Wildman–Crippen MR) is 63.3 cm³/mol. The number of carbonyl (C=O) groups excluding carboxylic acids is 1. The Morgan fingerprint density at radius 2 is 2.19 bits per heavy atom. The number of hydrogen-bond acceptors (Lipinski definition) is 5. The number of carbonyl (C=O) groups is 1. The van der Waals surface area contributed by atoms with Crippen LogP contribution >= 0.6 is 0 Å². The summed E-state index contributed by atoms with van der Waals surface area (Å²) in [7, 11) is 1.35. The summed E-state index contributed by atoms with van der Waals surface area (Å²) >= 11 is 0. The molecule has 0 saturated heterocycles. The summed E-state index contributed by atoms with van der Waals surface area (Å²) in [5, 5.41) is 3.07. The lowest BCUT2D eigenvalue weighted by Crippen LogP contribution is -2.36. The Morgan fingerprint density at radius 1 is 1.50 bits per heavy atom. The zero-order chi connectivity index (χ0) is 12.0. The van der Waals surface area contributed by atoms with E-state index in [0.717, 1.165) is 0 Å². The van der Waals surface area contributed by atoms with Gasteiger partial charge in [0.25, 0.3) is 0 Å². The molecular formula is C11H17N3O2. The number of ether oxygens (including phenoxy) is 1. The van der Waals surface area contributed by atoms with Crippen molar-refractivity contribution in [1.29, 1.82) is 0 Å². The fraction of sp³-hybridized carbons (Fsp3) is 0.364. The molecule has 0 radical (unpaired) electrons. The highest BCUT2D eigenvalue weighted by Crippen LogP contribution is 2.15. The topological polar surface area (TPSA) is 90.4 Å². The van der Waals surface area contributed by atoms with E-state index in [9.17, 15) is 4.79 Å². The van der Waals surface area contributed by atoms with Crippen molar-refractivity contribution >= 4 is 11.7 Å². The van der Waals surface area contributed by atoms with Crippen molar-refractivity contribution in [3.05, 3.63) is 29.8 Å². The highest BCUT2D eigenvalue weighted by molar-refractivity contribution is 5.95. The van der Waals surface area contributed by atoms with Crippen molar-refractivity contribution < 1.29 is 9.53 Å². The largest absolute Gasteiger partial charge is 0.465 e. The molecule has 1 rings (SSSR count). The molecule has 5 heteroatoms. The van der Waals surface area contributed by atoms with E-state index in [0.29, 0.717) is 24.3 Å². The number of anilines is 1. The van der Waals surface area contributed by atoms with Gasteiger partial charge in [0.2, 0.25) is 0 Å². The van der Waals surface area contributed by atoms with Crippen LogP contribution in [-0.4, -0.2) is 32.2 Å².